The fourth-order valence-electron chi connectivity index (χ4n) is 4.96. The summed E-state index contributed by atoms with van der Waals surface area (Å²) in [4.78, 5) is 23.6. The number of hydrogen-bond acceptors (Lipinski definition) is 6. The van der Waals surface area contributed by atoms with Gasteiger partial charge in [-0.3, -0.25) is 4.79 Å². The summed E-state index contributed by atoms with van der Waals surface area (Å²) in [5, 5.41) is 2.66. The Kier molecular flexibility index (Phi) is 7.26. The molecule has 0 bridgehead atoms. The van der Waals surface area contributed by atoms with Crippen LogP contribution < -0.4 is 15.8 Å². The first-order chi connectivity index (χ1) is 18.4. The van der Waals surface area contributed by atoms with Gasteiger partial charge in [0.15, 0.2) is 11.6 Å². The predicted molar refractivity (Wildman–Crippen MR) is 143 cm³/mol. The van der Waals surface area contributed by atoms with Crippen molar-refractivity contribution < 1.29 is 18.3 Å². The van der Waals surface area contributed by atoms with Crippen molar-refractivity contribution in [3.05, 3.63) is 77.3 Å². The minimum Gasteiger partial charge on any atom is -0.485 e. The zero-order valence-corrected chi connectivity index (χ0v) is 21.5. The molecule has 2 heterocycles. The van der Waals surface area contributed by atoms with Gasteiger partial charge in [0.2, 0.25) is 0 Å². The van der Waals surface area contributed by atoms with Crippen molar-refractivity contribution in [1.82, 2.24) is 14.9 Å². The molecule has 3 N–H and O–H groups in total. The van der Waals surface area contributed by atoms with Crippen LogP contribution in [0.2, 0.25) is 0 Å². The highest BCUT2D eigenvalue weighted by Crippen LogP contribution is 2.41. The van der Waals surface area contributed by atoms with Crippen LogP contribution in [0, 0.1) is 18.6 Å². The number of benzene rings is 2. The normalized spacial score (nSPS) is 17.3. The Hall–Kier alpha value is -4.01. The lowest BCUT2D eigenvalue weighted by Crippen LogP contribution is -2.30. The fraction of sp³-hybridized carbons (Fsp3) is 0.345. The van der Waals surface area contributed by atoms with Gasteiger partial charge in [-0.25, -0.2) is 18.7 Å². The third-order valence-electron chi connectivity index (χ3n) is 7.18. The Morgan fingerprint density at radius 1 is 1.21 bits per heavy atom. The number of nitrogens with two attached hydrogens (primary N) is 1. The molecule has 0 spiro atoms. The topological polar surface area (TPSA) is 93.4 Å². The summed E-state index contributed by atoms with van der Waals surface area (Å²) in [5.74, 6) is -1.09. The van der Waals surface area contributed by atoms with Crippen LogP contribution in [0.1, 0.15) is 60.0 Å². The van der Waals surface area contributed by atoms with E-state index in [0.29, 0.717) is 29.3 Å². The Morgan fingerprint density at radius 3 is 2.76 bits per heavy atom. The van der Waals surface area contributed by atoms with Gasteiger partial charge < -0.3 is 20.7 Å². The van der Waals surface area contributed by atoms with Crippen molar-refractivity contribution in [3.63, 3.8) is 0 Å². The second-order valence-electron chi connectivity index (χ2n) is 9.86. The Bertz CT molecular complexity index is 1390. The number of rotatable bonds is 8. The van der Waals surface area contributed by atoms with E-state index in [4.69, 9.17) is 10.5 Å². The molecule has 1 saturated carbocycles. The second kappa shape index (κ2) is 10.8. The molecule has 9 heteroatoms. The lowest BCUT2D eigenvalue weighted by Gasteiger charge is -2.24. The standard InChI is InChI=1S/C29H31F2N5O2/c1-3-10-36-11-4-5-21(36)15-38-27-26(33-16-34-28(27)32)23-13-20(30)14-25(17(23)2)35-29(37)22-9-8-19(12-24(22)31)18-6-7-18/h3,8-10,12-14,16,18,21H,4-7,11,15H2,1-2H3,(H,35,37)(H2,32,33,34)/t21-/m0/s1. The number of ether oxygens (including phenoxy) is 1. The Morgan fingerprint density at radius 2 is 2.03 bits per heavy atom. The van der Waals surface area contributed by atoms with Crippen molar-refractivity contribution in [2.75, 3.05) is 24.2 Å². The van der Waals surface area contributed by atoms with E-state index in [2.05, 4.69) is 20.2 Å². The van der Waals surface area contributed by atoms with Gasteiger partial charge in [-0.2, -0.15) is 0 Å². The number of likely N-dealkylation sites (tertiary alicyclic amines) is 1. The summed E-state index contributed by atoms with van der Waals surface area (Å²) in [5.41, 5.74) is 8.41. The van der Waals surface area contributed by atoms with Gasteiger partial charge in [0.05, 0.1) is 11.6 Å². The first-order valence-corrected chi connectivity index (χ1v) is 12.9. The molecular weight excluding hydrogens is 488 g/mol. The molecule has 0 radical (unpaired) electrons. The van der Waals surface area contributed by atoms with E-state index in [1.165, 1.54) is 30.6 Å². The van der Waals surface area contributed by atoms with Crippen LogP contribution in [0.15, 0.2) is 48.9 Å². The number of hydrogen-bond donors (Lipinski definition) is 2. The molecule has 198 valence electrons. The maximum Gasteiger partial charge on any atom is 0.258 e. The number of halogens is 2. The van der Waals surface area contributed by atoms with Crippen LogP contribution in [0.4, 0.5) is 20.3 Å². The molecular formula is C29H31F2N5O2. The van der Waals surface area contributed by atoms with Gasteiger partial charge >= 0.3 is 0 Å². The molecule has 1 atom stereocenters. The highest BCUT2D eigenvalue weighted by Gasteiger charge is 2.26. The Balaban J connectivity index is 1.42. The number of anilines is 2. The van der Waals surface area contributed by atoms with E-state index in [1.807, 2.05) is 19.2 Å². The minimum atomic E-state index is -0.659. The molecule has 2 fully saturated rings. The first kappa shape index (κ1) is 25.6. The van der Waals surface area contributed by atoms with E-state index in [9.17, 15) is 13.6 Å². The van der Waals surface area contributed by atoms with Gasteiger partial charge in [-0.1, -0.05) is 12.1 Å². The van der Waals surface area contributed by atoms with Crippen LogP contribution in [-0.2, 0) is 0 Å². The largest absolute Gasteiger partial charge is 0.485 e. The maximum absolute atomic E-state index is 14.8. The van der Waals surface area contributed by atoms with E-state index in [0.717, 1.165) is 37.8 Å². The summed E-state index contributed by atoms with van der Waals surface area (Å²) in [6.45, 7) is 5.01. The smallest absolute Gasteiger partial charge is 0.258 e. The fourth-order valence-corrected chi connectivity index (χ4v) is 4.96. The zero-order valence-electron chi connectivity index (χ0n) is 21.5. The summed E-state index contributed by atoms with van der Waals surface area (Å²) in [6, 6.07) is 7.34. The average Bonchev–Trinajstić information content (AvgIpc) is 3.65. The van der Waals surface area contributed by atoms with Gasteiger partial charge in [0, 0.05) is 17.8 Å². The Labute approximate surface area is 220 Å². The van der Waals surface area contributed by atoms with Crippen LogP contribution in [-0.4, -0.2) is 40.0 Å². The lowest BCUT2D eigenvalue weighted by molar-refractivity contribution is 0.102. The van der Waals surface area contributed by atoms with E-state index in [1.54, 1.807) is 13.0 Å². The van der Waals surface area contributed by atoms with Crippen LogP contribution >= 0.6 is 0 Å². The second-order valence-corrected chi connectivity index (χ2v) is 9.86. The molecule has 2 aliphatic rings. The molecule has 1 saturated heterocycles. The highest BCUT2D eigenvalue weighted by molar-refractivity contribution is 6.05. The number of aromatic nitrogens is 2. The van der Waals surface area contributed by atoms with E-state index < -0.39 is 17.5 Å². The van der Waals surface area contributed by atoms with Gasteiger partial charge in [0.1, 0.15) is 30.3 Å². The van der Waals surface area contributed by atoms with Crippen molar-refractivity contribution in [2.45, 2.75) is 51.5 Å². The summed E-state index contributed by atoms with van der Waals surface area (Å²) in [7, 11) is 0. The zero-order chi connectivity index (χ0) is 26.8. The molecule has 5 rings (SSSR count). The van der Waals surface area contributed by atoms with Crippen molar-refractivity contribution in [1.29, 1.82) is 0 Å². The molecule has 1 amide bonds. The summed E-state index contributed by atoms with van der Waals surface area (Å²) < 4.78 is 35.7. The molecule has 1 aromatic heterocycles. The number of nitrogen functional groups attached to an aromatic ring is 1. The van der Waals surface area contributed by atoms with Crippen molar-refractivity contribution in [2.24, 2.45) is 0 Å². The number of nitrogens with zero attached hydrogens (tertiary/aromatic N) is 3. The maximum atomic E-state index is 14.8. The number of amides is 1. The van der Waals surface area contributed by atoms with Crippen molar-refractivity contribution >= 4 is 17.4 Å². The molecule has 7 nitrogen and oxygen atoms in total. The molecule has 0 unspecified atom stereocenters. The van der Waals surface area contributed by atoms with Crippen molar-refractivity contribution in [3.8, 4) is 17.0 Å². The monoisotopic (exact) mass is 519 g/mol. The van der Waals surface area contributed by atoms with E-state index in [-0.39, 0.29) is 28.9 Å². The van der Waals surface area contributed by atoms with Gasteiger partial charge in [-0.15, -0.1) is 0 Å². The summed E-state index contributed by atoms with van der Waals surface area (Å²) >= 11 is 0. The summed E-state index contributed by atoms with van der Waals surface area (Å²) in [6.07, 6.45) is 9.42. The third-order valence-corrected chi connectivity index (χ3v) is 7.18. The number of carbonyl (C=O) groups is 1. The van der Waals surface area contributed by atoms with Gasteiger partial charge in [-0.05, 0) is 87.0 Å². The first-order valence-electron chi connectivity index (χ1n) is 12.9. The van der Waals surface area contributed by atoms with Gasteiger partial charge in [0.25, 0.3) is 5.91 Å². The number of carbonyl (C=O) groups excluding carboxylic acids is 1. The van der Waals surface area contributed by atoms with Crippen LogP contribution in [0.25, 0.3) is 11.3 Å². The van der Waals surface area contributed by atoms with Crippen LogP contribution in [0.3, 0.4) is 0 Å². The van der Waals surface area contributed by atoms with E-state index >= 15 is 0 Å². The number of nitrogens with one attached hydrogen (secondary N) is 1. The minimum absolute atomic E-state index is 0.0999. The number of allylic oxidation sites excluding steroid dienone is 1. The molecule has 2 aromatic carbocycles. The average molecular weight is 520 g/mol. The molecule has 1 aliphatic carbocycles. The highest BCUT2D eigenvalue weighted by atomic mass is 19.1. The molecule has 3 aromatic rings. The predicted octanol–water partition coefficient (Wildman–Crippen LogP) is 5.82. The molecule has 1 aliphatic heterocycles. The SMILES string of the molecule is CC=CN1CCC[C@H]1COc1c(N)ncnc1-c1cc(F)cc(NC(=O)c2ccc(C3CC3)cc2F)c1C. The lowest BCUT2D eigenvalue weighted by atomic mass is 10.0. The third kappa shape index (κ3) is 5.32. The van der Waals surface area contributed by atoms with Crippen LogP contribution in [0.5, 0.6) is 5.75 Å². The molecule has 38 heavy (non-hydrogen) atoms. The quantitative estimate of drug-likeness (QED) is 0.390.